The van der Waals surface area contributed by atoms with E-state index in [0.29, 0.717) is 5.56 Å². The third kappa shape index (κ3) is 2.80. The summed E-state index contributed by atoms with van der Waals surface area (Å²) in [4.78, 5) is 10.4. The van der Waals surface area contributed by atoms with Crippen LogP contribution in [0.15, 0.2) is 30.3 Å². The van der Waals surface area contributed by atoms with E-state index in [1.807, 2.05) is 6.07 Å². The van der Waals surface area contributed by atoms with Crippen molar-refractivity contribution < 1.29 is 4.79 Å². The lowest BCUT2D eigenvalue weighted by Crippen LogP contribution is -2.04. The van der Waals surface area contributed by atoms with Crippen LogP contribution in [0.3, 0.4) is 0 Å². The Labute approximate surface area is 76.1 Å². The zero-order valence-corrected chi connectivity index (χ0v) is 6.90. The number of nitrogens with two attached hydrogens (primary N) is 1. The molecule has 0 radical (unpaired) electrons. The van der Waals surface area contributed by atoms with Gasteiger partial charge in [-0.3, -0.25) is 4.79 Å². The molecule has 64 valence electrons. The minimum absolute atomic E-state index is 0.482. The Morgan fingerprint density at radius 3 is 2.46 bits per heavy atom. The standard InChI is InChI=1S/C10H8N2O/c11-7-9-3-1-8(2-4-9)5-6-10(12)13/h1-6H,(H2,12,13). The zero-order valence-electron chi connectivity index (χ0n) is 6.90. The van der Waals surface area contributed by atoms with Crippen LogP contribution in [0.1, 0.15) is 11.1 Å². The average Bonchev–Trinajstić information content (AvgIpc) is 2.15. The molecule has 3 heteroatoms. The smallest absolute Gasteiger partial charge is 0.241 e. The average molecular weight is 172 g/mol. The molecule has 1 aromatic rings. The number of amides is 1. The van der Waals surface area contributed by atoms with E-state index in [4.69, 9.17) is 11.0 Å². The van der Waals surface area contributed by atoms with Gasteiger partial charge in [0.05, 0.1) is 11.6 Å². The van der Waals surface area contributed by atoms with Crippen molar-refractivity contribution in [2.75, 3.05) is 0 Å². The third-order valence-corrected chi connectivity index (χ3v) is 1.48. The van der Waals surface area contributed by atoms with Crippen LogP contribution in [0.4, 0.5) is 0 Å². The molecule has 0 fully saturated rings. The highest BCUT2D eigenvalue weighted by molar-refractivity contribution is 5.90. The lowest BCUT2D eigenvalue weighted by molar-refractivity contribution is -0.113. The molecule has 0 saturated heterocycles. The van der Waals surface area contributed by atoms with Gasteiger partial charge in [-0.05, 0) is 23.8 Å². The number of carbonyl (C=O) groups is 1. The van der Waals surface area contributed by atoms with E-state index in [2.05, 4.69) is 0 Å². The zero-order chi connectivity index (χ0) is 9.68. The predicted molar refractivity (Wildman–Crippen MR) is 49.4 cm³/mol. The number of carbonyl (C=O) groups excluding carboxylic acids is 1. The fourth-order valence-electron chi connectivity index (χ4n) is 0.847. The van der Waals surface area contributed by atoms with Crippen LogP contribution in [-0.4, -0.2) is 5.91 Å². The largest absolute Gasteiger partial charge is 0.366 e. The predicted octanol–water partition coefficient (Wildman–Crippen LogP) is 1.06. The molecule has 0 unspecified atom stereocenters. The van der Waals surface area contributed by atoms with Gasteiger partial charge in [-0.25, -0.2) is 0 Å². The molecular formula is C10H8N2O. The van der Waals surface area contributed by atoms with E-state index in [9.17, 15) is 4.79 Å². The third-order valence-electron chi connectivity index (χ3n) is 1.48. The maximum atomic E-state index is 10.4. The molecule has 0 aliphatic rings. The molecule has 2 N–H and O–H groups in total. The molecule has 1 amide bonds. The highest BCUT2D eigenvalue weighted by Gasteiger charge is 1.89. The van der Waals surface area contributed by atoms with Crippen molar-refractivity contribution in [3.05, 3.63) is 41.5 Å². The summed E-state index contributed by atoms with van der Waals surface area (Å²) < 4.78 is 0. The fraction of sp³-hybridized carbons (Fsp3) is 0. The summed E-state index contributed by atoms with van der Waals surface area (Å²) in [6.45, 7) is 0. The van der Waals surface area contributed by atoms with E-state index < -0.39 is 5.91 Å². The lowest BCUT2D eigenvalue weighted by Gasteiger charge is -1.91. The fourth-order valence-corrected chi connectivity index (χ4v) is 0.847. The number of nitriles is 1. The molecule has 3 nitrogen and oxygen atoms in total. The number of nitrogens with zero attached hydrogens (tertiary/aromatic N) is 1. The number of primary amides is 1. The molecule has 13 heavy (non-hydrogen) atoms. The van der Waals surface area contributed by atoms with Crippen LogP contribution in [0, 0.1) is 11.3 Å². The molecule has 1 rings (SSSR count). The van der Waals surface area contributed by atoms with Crippen molar-refractivity contribution in [3.8, 4) is 6.07 Å². The molecule has 0 atom stereocenters. The first-order chi connectivity index (χ1) is 6.22. The minimum Gasteiger partial charge on any atom is -0.366 e. The second-order valence-electron chi connectivity index (χ2n) is 2.47. The van der Waals surface area contributed by atoms with Gasteiger partial charge < -0.3 is 5.73 Å². The maximum absolute atomic E-state index is 10.4. The second kappa shape index (κ2) is 4.07. The Bertz CT molecular complexity index is 371. The SMILES string of the molecule is N#Cc1ccc(C=CC(N)=O)cc1. The van der Waals surface area contributed by atoms with E-state index in [0.717, 1.165) is 5.56 Å². The topological polar surface area (TPSA) is 66.9 Å². The van der Waals surface area contributed by atoms with Gasteiger partial charge in [0, 0.05) is 6.08 Å². The van der Waals surface area contributed by atoms with Crippen LogP contribution >= 0.6 is 0 Å². The lowest BCUT2D eigenvalue weighted by atomic mass is 10.1. The van der Waals surface area contributed by atoms with E-state index in [1.54, 1.807) is 30.3 Å². The highest BCUT2D eigenvalue weighted by Crippen LogP contribution is 2.04. The normalized spacial score (nSPS) is 9.77. The molecule has 0 spiro atoms. The van der Waals surface area contributed by atoms with E-state index in [1.165, 1.54) is 6.08 Å². The first kappa shape index (κ1) is 9.01. The quantitative estimate of drug-likeness (QED) is 0.677. The van der Waals surface area contributed by atoms with Crippen molar-refractivity contribution in [3.63, 3.8) is 0 Å². The first-order valence-corrected chi connectivity index (χ1v) is 3.70. The van der Waals surface area contributed by atoms with Crippen molar-refractivity contribution in [1.82, 2.24) is 0 Å². The van der Waals surface area contributed by atoms with Gasteiger partial charge in [-0.2, -0.15) is 5.26 Å². The first-order valence-electron chi connectivity index (χ1n) is 3.70. The van der Waals surface area contributed by atoms with Crippen molar-refractivity contribution in [2.45, 2.75) is 0 Å². The Kier molecular flexibility index (Phi) is 2.82. The number of hydrogen-bond donors (Lipinski definition) is 1. The summed E-state index contributed by atoms with van der Waals surface area (Å²) in [6, 6.07) is 8.86. The molecule has 0 aliphatic heterocycles. The molecule has 1 aromatic carbocycles. The van der Waals surface area contributed by atoms with Gasteiger partial charge in [0.25, 0.3) is 0 Å². The number of benzene rings is 1. The minimum atomic E-state index is -0.482. The molecule has 0 aromatic heterocycles. The van der Waals surface area contributed by atoms with E-state index >= 15 is 0 Å². The monoisotopic (exact) mass is 172 g/mol. The maximum Gasteiger partial charge on any atom is 0.241 e. The van der Waals surface area contributed by atoms with Crippen LogP contribution in [-0.2, 0) is 4.79 Å². The van der Waals surface area contributed by atoms with Crippen LogP contribution < -0.4 is 5.73 Å². The summed E-state index contributed by atoms with van der Waals surface area (Å²) in [6.07, 6.45) is 2.88. The van der Waals surface area contributed by atoms with Crippen molar-refractivity contribution in [2.24, 2.45) is 5.73 Å². The molecule has 0 saturated carbocycles. The summed E-state index contributed by atoms with van der Waals surface area (Å²) in [5.41, 5.74) is 6.36. The summed E-state index contributed by atoms with van der Waals surface area (Å²) in [7, 11) is 0. The van der Waals surface area contributed by atoms with Gasteiger partial charge >= 0.3 is 0 Å². The van der Waals surface area contributed by atoms with Crippen LogP contribution in [0.25, 0.3) is 6.08 Å². The molecular weight excluding hydrogens is 164 g/mol. The summed E-state index contributed by atoms with van der Waals surface area (Å²) in [5, 5.41) is 8.50. The van der Waals surface area contributed by atoms with Crippen LogP contribution in [0.2, 0.25) is 0 Å². The summed E-state index contributed by atoms with van der Waals surface area (Å²) in [5.74, 6) is -0.482. The molecule has 0 aliphatic carbocycles. The van der Waals surface area contributed by atoms with E-state index in [-0.39, 0.29) is 0 Å². The Balaban J connectivity index is 2.82. The van der Waals surface area contributed by atoms with Gasteiger partial charge in [0.2, 0.25) is 5.91 Å². The van der Waals surface area contributed by atoms with Crippen molar-refractivity contribution in [1.29, 1.82) is 5.26 Å². The summed E-state index contributed by atoms with van der Waals surface area (Å²) >= 11 is 0. The van der Waals surface area contributed by atoms with Crippen molar-refractivity contribution >= 4 is 12.0 Å². The van der Waals surface area contributed by atoms with Gasteiger partial charge in [-0.15, -0.1) is 0 Å². The number of hydrogen-bond acceptors (Lipinski definition) is 2. The Morgan fingerprint density at radius 1 is 1.38 bits per heavy atom. The Morgan fingerprint density at radius 2 is 2.00 bits per heavy atom. The Hall–Kier alpha value is -2.08. The second-order valence-corrected chi connectivity index (χ2v) is 2.47. The van der Waals surface area contributed by atoms with Gasteiger partial charge in [0.1, 0.15) is 0 Å². The van der Waals surface area contributed by atoms with Gasteiger partial charge in [0.15, 0.2) is 0 Å². The van der Waals surface area contributed by atoms with Crippen LogP contribution in [0.5, 0.6) is 0 Å². The highest BCUT2D eigenvalue weighted by atomic mass is 16.1. The van der Waals surface area contributed by atoms with Gasteiger partial charge in [-0.1, -0.05) is 12.1 Å². The number of rotatable bonds is 2. The molecule has 0 bridgehead atoms. The molecule has 0 heterocycles.